The van der Waals surface area contributed by atoms with E-state index in [1.165, 1.54) is 0 Å². The lowest BCUT2D eigenvalue weighted by molar-refractivity contribution is -0.136. The summed E-state index contributed by atoms with van der Waals surface area (Å²) >= 11 is 0. The first-order valence-electron chi connectivity index (χ1n) is 14.8. The number of unbranched alkanes of at least 4 members (excludes halogenated alkanes) is 4. The summed E-state index contributed by atoms with van der Waals surface area (Å²) in [4.78, 5) is 65.4. The van der Waals surface area contributed by atoms with Crippen LogP contribution in [0.25, 0.3) is 0 Å². The van der Waals surface area contributed by atoms with E-state index in [4.69, 9.17) is 4.74 Å². The van der Waals surface area contributed by atoms with E-state index in [9.17, 15) is 24.0 Å². The van der Waals surface area contributed by atoms with Crippen molar-refractivity contribution in [2.75, 3.05) is 31.5 Å². The Labute approximate surface area is 241 Å². The van der Waals surface area contributed by atoms with Crippen molar-refractivity contribution in [1.82, 2.24) is 20.4 Å². The number of carbonyl (C=O) groups is 5. The Balaban J connectivity index is 1.11. The number of nitrogens with zero attached hydrogens (tertiary/aromatic N) is 2. The smallest absolute Gasteiger partial charge is 0.407 e. The third-order valence-corrected chi connectivity index (χ3v) is 7.74. The summed E-state index contributed by atoms with van der Waals surface area (Å²) in [5.74, 6) is -1.98. The molecule has 224 valence electrons. The molecule has 1 aromatic rings. The second-order valence-electron chi connectivity index (χ2n) is 12.1. The van der Waals surface area contributed by atoms with E-state index in [1.54, 1.807) is 18.2 Å². The fraction of sp³-hybridized carbons (Fsp3) is 0.633. The largest absolute Gasteiger partial charge is 0.444 e. The van der Waals surface area contributed by atoms with Gasteiger partial charge in [0.2, 0.25) is 11.8 Å². The molecular formula is C30H43N5O6. The second kappa shape index (κ2) is 13.5. The third kappa shape index (κ3) is 8.06. The second-order valence-corrected chi connectivity index (χ2v) is 12.1. The normalized spacial score (nSPS) is 20.2. The van der Waals surface area contributed by atoms with Gasteiger partial charge < -0.3 is 20.3 Å². The first-order valence-corrected chi connectivity index (χ1v) is 14.8. The number of hydrogen-bond donors (Lipinski definition) is 3. The van der Waals surface area contributed by atoms with E-state index >= 15 is 0 Å². The number of anilines is 1. The van der Waals surface area contributed by atoms with Crippen molar-refractivity contribution in [3.8, 4) is 0 Å². The fourth-order valence-corrected chi connectivity index (χ4v) is 5.65. The molecule has 1 atom stereocenters. The highest BCUT2D eigenvalue weighted by molar-refractivity contribution is 6.25. The fourth-order valence-electron chi connectivity index (χ4n) is 5.65. The molecule has 11 heteroatoms. The van der Waals surface area contributed by atoms with E-state index < -0.39 is 29.4 Å². The topological polar surface area (TPSA) is 137 Å². The monoisotopic (exact) mass is 569 g/mol. The first kappa shape index (κ1) is 30.5. The predicted molar refractivity (Wildman–Crippen MR) is 154 cm³/mol. The summed E-state index contributed by atoms with van der Waals surface area (Å²) in [5, 5.41) is 8.52. The number of amides is 5. The molecular weight excluding hydrogens is 526 g/mol. The zero-order valence-corrected chi connectivity index (χ0v) is 24.4. The summed E-state index contributed by atoms with van der Waals surface area (Å²) < 4.78 is 5.35. The Morgan fingerprint density at radius 1 is 0.976 bits per heavy atom. The molecule has 1 aromatic carbocycles. The summed E-state index contributed by atoms with van der Waals surface area (Å²) in [6.45, 7) is 9.30. The number of benzene rings is 1. The number of fused-ring (bicyclic) bond motifs is 1. The Bertz CT molecular complexity index is 1150. The van der Waals surface area contributed by atoms with Crippen LogP contribution in [0.1, 0.15) is 99.3 Å². The van der Waals surface area contributed by atoms with E-state index in [1.807, 2.05) is 20.8 Å². The quantitative estimate of drug-likeness (QED) is 0.272. The average molecular weight is 570 g/mol. The molecule has 0 radical (unpaired) electrons. The van der Waals surface area contributed by atoms with Crippen molar-refractivity contribution in [3.63, 3.8) is 0 Å². The zero-order chi connectivity index (χ0) is 29.6. The Morgan fingerprint density at radius 2 is 1.68 bits per heavy atom. The minimum Gasteiger partial charge on any atom is -0.444 e. The van der Waals surface area contributed by atoms with E-state index in [0.717, 1.165) is 69.5 Å². The van der Waals surface area contributed by atoms with Crippen LogP contribution in [0.5, 0.6) is 0 Å². The van der Waals surface area contributed by atoms with Gasteiger partial charge in [0.1, 0.15) is 11.6 Å². The van der Waals surface area contributed by atoms with E-state index in [2.05, 4.69) is 20.9 Å². The number of piperidine rings is 2. The number of nitrogens with one attached hydrogen (secondary N) is 3. The van der Waals surface area contributed by atoms with E-state index in [-0.39, 0.29) is 36.4 Å². The molecule has 0 aliphatic carbocycles. The van der Waals surface area contributed by atoms with E-state index in [0.29, 0.717) is 17.8 Å². The molecule has 4 rings (SSSR count). The van der Waals surface area contributed by atoms with Crippen LogP contribution in [0.3, 0.4) is 0 Å². The predicted octanol–water partition coefficient (Wildman–Crippen LogP) is 3.44. The Morgan fingerprint density at radius 3 is 2.39 bits per heavy atom. The SMILES string of the molecule is CC(C)(C)OC(=O)NC1CCN(CCCCCCCNc2cccc3c2C(=O)N(C2CCC(=O)NC2=O)C3=O)CC1. The lowest BCUT2D eigenvalue weighted by Gasteiger charge is -2.32. The van der Waals surface area contributed by atoms with Gasteiger partial charge in [0.15, 0.2) is 0 Å². The van der Waals surface area contributed by atoms with Crippen LogP contribution < -0.4 is 16.0 Å². The van der Waals surface area contributed by atoms with Gasteiger partial charge in [0.25, 0.3) is 11.8 Å². The summed E-state index contributed by atoms with van der Waals surface area (Å²) in [5.41, 5.74) is 0.699. The van der Waals surface area contributed by atoms with Crippen molar-refractivity contribution >= 4 is 35.4 Å². The summed E-state index contributed by atoms with van der Waals surface area (Å²) in [6.07, 6.45) is 7.16. The number of imide groups is 2. The van der Waals surface area contributed by atoms with Gasteiger partial charge in [-0.1, -0.05) is 25.3 Å². The highest BCUT2D eigenvalue weighted by Gasteiger charge is 2.45. The molecule has 2 saturated heterocycles. The molecule has 3 aliphatic heterocycles. The molecule has 2 fully saturated rings. The third-order valence-electron chi connectivity index (χ3n) is 7.74. The Kier molecular flexibility index (Phi) is 10.0. The van der Waals surface area contributed by atoms with Crippen molar-refractivity contribution in [2.24, 2.45) is 0 Å². The van der Waals surface area contributed by atoms with Gasteiger partial charge in [-0.15, -0.1) is 0 Å². The van der Waals surface area contributed by atoms with Gasteiger partial charge >= 0.3 is 6.09 Å². The molecule has 3 N–H and O–H groups in total. The molecule has 3 heterocycles. The highest BCUT2D eigenvalue weighted by atomic mass is 16.6. The molecule has 3 aliphatic rings. The summed E-state index contributed by atoms with van der Waals surface area (Å²) in [7, 11) is 0. The number of carbonyl (C=O) groups excluding carboxylic acids is 5. The van der Waals surface area contributed by atoms with Gasteiger partial charge in [-0.05, 0) is 71.6 Å². The number of ether oxygens (including phenoxy) is 1. The molecule has 5 amide bonds. The van der Waals surface area contributed by atoms with Crippen molar-refractivity contribution in [3.05, 3.63) is 29.3 Å². The van der Waals surface area contributed by atoms with Crippen molar-refractivity contribution in [2.45, 2.75) is 96.2 Å². The van der Waals surface area contributed by atoms with Crippen LogP contribution in [-0.2, 0) is 14.3 Å². The maximum atomic E-state index is 13.2. The average Bonchev–Trinajstić information content (AvgIpc) is 3.16. The number of likely N-dealkylation sites (tertiary alicyclic amines) is 1. The number of hydrogen-bond acceptors (Lipinski definition) is 8. The lowest BCUT2D eigenvalue weighted by atomic mass is 10.0. The Hall–Kier alpha value is -3.47. The number of alkyl carbamates (subject to hydrolysis) is 1. The van der Waals surface area contributed by atoms with Crippen LogP contribution in [0.15, 0.2) is 18.2 Å². The van der Waals surface area contributed by atoms with Crippen LogP contribution in [0, 0.1) is 0 Å². The van der Waals surface area contributed by atoms with Gasteiger partial charge in [-0.3, -0.25) is 29.4 Å². The molecule has 0 saturated carbocycles. The molecule has 41 heavy (non-hydrogen) atoms. The molecule has 11 nitrogen and oxygen atoms in total. The maximum Gasteiger partial charge on any atom is 0.407 e. The molecule has 0 spiro atoms. The van der Waals surface area contributed by atoms with Crippen LogP contribution in [-0.4, -0.2) is 83.4 Å². The molecule has 0 bridgehead atoms. The molecule has 0 aromatic heterocycles. The van der Waals surface area contributed by atoms with Gasteiger partial charge in [-0.25, -0.2) is 4.79 Å². The maximum absolute atomic E-state index is 13.2. The van der Waals surface area contributed by atoms with Crippen molar-refractivity contribution in [1.29, 1.82) is 0 Å². The first-order chi connectivity index (χ1) is 19.5. The van der Waals surface area contributed by atoms with Crippen LogP contribution in [0.2, 0.25) is 0 Å². The van der Waals surface area contributed by atoms with Gasteiger partial charge in [0, 0.05) is 37.8 Å². The summed E-state index contributed by atoms with van der Waals surface area (Å²) in [6, 6.07) is 4.33. The standard InChI is InChI=1S/C30H43N5O6/c1-30(2,3)41-29(40)32-20-14-18-34(19-15-20)17-8-6-4-5-7-16-31-22-11-9-10-21-25(22)28(39)35(27(21)38)23-12-13-24(36)33-26(23)37/h9-11,20,23,31H,4-8,12-19H2,1-3H3,(H,32,40)(H,33,36,37). The minimum atomic E-state index is -0.965. The van der Waals surface area contributed by atoms with Crippen molar-refractivity contribution < 1.29 is 28.7 Å². The lowest BCUT2D eigenvalue weighted by Crippen LogP contribution is -2.54. The van der Waals surface area contributed by atoms with Gasteiger partial charge in [0.05, 0.1) is 11.1 Å². The van der Waals surface area contributed by atoms with Crippen LogP contribution in [0.4, 0.5) is 10.5 Å². The zero-order valence-electron chi connectivity index (χ0n) is 24.4. The minimum absolute atomic E-state index is 0.0980. The van der Waals surface area contributed by atoms with Gasteiger partial charge in [-0.2, -0.15) is 0 Å². The van der Waals surface area contributed by atoms with Crippen LogP contribution >= 0.6 is 0 Å². The highest BCUT2D eigenvalue weighted by Crippen LogP contribution is 2.32. The number of rotatable bonds is 11. The molecule has 1 unspecified atom stereocenters.